The molecular formula is C43H61N3O8S2. The molecule has 0 radical (unpaired) electrons. The second-order valence-corrected chi connectivity index (χ2v) is 18.8. The van der Waals surface area contributed by atoms with Gasteiger partial charge >= 0.3 is 0 Å². The summed E-state index contributed by atoms with van der Waals surface area (Å²) in [5.41, 5.74) is 1.70. The van der Waals surface area contributed by atoms with Gasteiger partial charge in [0.1, 0.15) is 17.2 Å². The second-order valence-electron chi connectivity index (χ2n) is 15.3. The van der Waals surface area contributed by atoms with Crippen molar-refractivity contribution in [3.63, 3.8) is 0 Å². The van der Waals surface area contributed by atoms with Gasteiger partial charge < -0.3 is 14.9 Å². The molecule has 1 atom stereocenters. The highest BCUT2D eigenvalue weighted by molar-refractivity contribution is 7.93. The average molecular weight is 812 g/mol. The number of phenols is 2. The normalized spacial score (nSPS) is 16.2. The van der Waals surface area contributed by atoms with Gasteiger partial charge in [-0.1, -0.05) is 115 Å². The van der Waals surface area contributed by atoms with E-state index in [4.69, 9.17) is 4.74 Å². The van der Waals surface area contributed by atoms with Crippen molar-refractivity contribution in [3.8, 4) is 17.2 Å². The topological polar surface area (TPSA) is 157 Å². The van der Waals surface area contributed by atoms with Gasteiger partial charge in [-0.3, -0.25) is 9.93 Å². The van der Waals surface area contributed by atoms with Crippen molar-refractivity contribution in [2.75, 3.05) is 29.5 Å². The molecule has 3 aromatic rings. The lowest BCUT2D eigenvalue weighted by atomic mass is 9.87. The molecule has 1 saturated heterocycles. The molecule has 0 spiro atoms. The van der Waals surface area contributed by atoms with Gasteiger partial charge in [0.05, 0.1) is 22.9 Å². The zero-order valence-electron chi connectivity index (χ0n) is 33.3. The highest BCUT2D eigenvalue weighted by Gasteiger charge is 2.39. The van der Waals surface area contributed by atoms with Gasteiger partial charge in [-0.05, 0) is 68.5 Å². The number of benzene rings is 3. The molecule has 0 bridgehead atoms. The van der Waals surface area contributed by atoms with E-state index in [1.807, 2.05) is 0 Å². The van der Waals surface area contributed by atoms with E-state index in [1.54, 1.807) is 31.2 Å². The van der Waals surface area contributed by atoms with Gasteiger partial charge in [0.15, 0.2) is 5.03 Å². The van der Waals surface area contributed by atoms with Crippen LogP contribution in [-0.4, -0.2) is 56.3 Å². The van der Waals surface area contributed by atoms with Gasteiger partial charge in [-0.15, -0.1) is 0 Å². The molecule has 0 amide bonds. The Bertz CT molecular complexity index is 2030. The summed E-state index contributed by atoms with van der Waals surface area (Å²) in [6.07, 6.45) is 20.4. The van der Waals surface area contributed by atoms with Gasteiger partial charge in [-0.2, -0.15) is 4.31 Å². The summed E-state index contributed by atoms with van der Waals surface area (Å²) in [5, 5.41) is 33.7. The van der Waals surface area contributed by atoms with Crippen LogP contribution in [0.1, 0.15) is 138 Å². The number of hydrogen-bond acceptors (Lipinski definition) is 9. The van der Waals surface area contributed by atoms with Gasteiger partial charge in [0.2, 0.25) is 0 Å². The lowest BCUT2D eigenvalue weighted by Gasteiger charge is -2.33. The molecule has 3 aromatic carbocycles. The summed E-state index contributed by atoms with van der Waals surface area (Å²) in [7, 11) is -8.39. The van der Waals surface area contributed by atoms with Crippen molar-refractivity contribution in [1.82, 2.24) is 4.31 Å². The number of para-hydroxylation sites is 1. The molecule has 56 heavy (non-hydrogen) atoms. The smallest absolute Gasteiger partial charge is 0.262 e. The maximum absolute atomic E-state index is 13.8. The summed E-state index contributed by atoms with van der Waals surface area (Å²) in [6, 6.07) is 12.5. The van der Waals surface area contributed by atoms with Crippen molar-refractivity contribution >= 4 is 31.4 Å². The highest BCUT2D eigenvalue weighted by atomic mass is 32.2. The Kier molecular flexibility index (Phi) is 15.5. The number of rotatable bonds is 22. The van der Waals surface area contributed by atoms with Crippen LogP contribution in [0.25, 0.3) is 0 Å². The van der Waals surface area contributed by atoms with E-state index in [9.17, 15) is 32.3 Å². The monoisotopic (exact) mass is 811 g/mol. The summed E-state index contributed by atoms with van der Waals surface area (Å²) in [6.45, 7) is 6.65. The Balaban J connectivity index is 1.21. The third-order valence-corrected chi connectivity index (χ3v) is 14.4. The predicted molar refractivity (Wildman–Crippen MR) is 223 cm³/mol. The first kappa shape index (κ1) is 43.3. The van der Waals surface area contributed by atoms with Gasteiger partial charge in [-0.25, -0.2) is 21.9 Å². The molecule has 13 heteroatoms. The van der Waals surface area contributed by atoms with Crippen LogP contribution in [0.5, 0.6) is 17.2 Å². The van der Waals surface area contributed by atoms with Crippen molar-refractivity contribution < 1.29 is 37.0 Å². The molecule has 2 heterocycles. The van der Waals surface area contributed by atoms with Gasteiger partial charge in [0.25, 0.3) is 20.0 Å². The Morgan fingerprint density at radius 2 is 1.36 bits per heavy atom. The first-order chi connectivity index (χ1) is 26.9. The fourth-order valence-electron chi connectivity index (χ4n) is 7.71. The van der Waals surface area contributed by atoms with Crippen molar-refractivity contribution in [3.05, 3.63) is 81.9 Å². The standard InChI is InChI=1S/C43H61N3O8S2/c1-4-5-6-7-8-9-10-11-12-13-14-15-16-21-28-54-40-31-37(39(47)29-32(40)2)44-55(50,51)41-25-24-35(43(48)33(41)3)36-30-42(56(52,53)45-26-19-20-27-45)46(49)38-23-18-17-22-34(36)38/h17-18,22-25,29-31,36,44,47-49H,4-16,19-21,26-28H2,1-3H3. The zero-order valence-corrected chi connectivity index (χ0v) is 34.9. The maximum Gasteiger partial charge on any atom is 0.262 e. The number of ether oxygens (including phenoxy) is 1. The summed E-state index contributed by atoms with van der Waals surface area (Å²) in [5.74, 6) is -0.951. The third kappa shape index (κ3) is 10.6. The molecule has 1 fully saturated rings. The predicted octanol–water partition coefficient (Wildman–Crippen LogP) is 9.98. The SMILES string of the molecule is CCCCCCCCCCCCCCCCOc1cc(NS(=O)(=O)c2ccc(C3C=C(S(=O)(=O)N4CCCC4)N(O)c4ccccc43)c(O)c2C)c(O)cc1C. The maximum atomic E-state index is 13.8. The Morgan fingerprint density at radius 3 is 1.98 bits per heavy atom. The van der Waals surface area contributed by atoms with E-state index in [2.05, 4.69) is 11.6 Å². The van der Waals surface area contributed by atoms with Crippen LogP contribution in [0.15, 0.2) is 64.5 Å². The van der Waals surface area contributed by atoms with E-state index in [0.29, 0.717) is 41.6 Å². The fraction of sp³-hybridized carbons (Fsp3) is 0.535. The van der Waals surface area contributed by atoms with Gasteiger partial charge in [0, 0.05) is 36.2 Å². The van der Waals surface area contributed by atoms with Crippen molar-refractivity contribution in [2.24, 2.45) is 0 Å². The number of anilines is 2. The van der Waals surface area contributed by atoms with E-state index in [0.717, 1.165) is 32.1 Å². The number of hydrogen-bond donors (Lipinski definition) is 4. The van der Waals surface area contributed by atoms with E-state index >= 15 is 0 Å². The van der Waals surface area contributed by atoms with Crippen LogP contribution < -0.4 is 14.5 Å². The van der Waals surface area contributed by atoms with Crippen LogP contribution in [0.4, 0.5) is 11.4 Å². The first-order valence-corrected chi connectivity index (χ1v) is 23.4. The molecule has 0 aliphatic carbocycles. The first-order valence-electron chi connectivity index (χ1n) is 20.5. The van der Waals surface area contributed by atoms with Crippen molar-refractivity contribution in [1.29, 1.82) is 0 Å². The fourth-order valence-corrected chi connectivity index (χ4v) is 10.6. The molecule has 5 rings (SSSR count). The number of aromatic hydroxyl groups is 2. The summed E-state index contributed by atoms with van der Waals surface area (Å²) >= 11 is 0. The van der Waals surface area contributed by atoms with Crippen LogP contribution >= 0.6 is 0 Å². The number of nitrogens with one attached hydrogen (secondary N) is 1. The second kappa shape index (κ2) is 20.1. The zero-order chi connectivity index (χ0) is 40.3. The van der Waals surface area contributed by atoms with E-state index in [1.165, 1.54) is 112 Å². The Morgan fingerprint density at radius 1 is 0.768 bits per heavy atom. The number of unbranched alkanes of at least 4 members (excludes halogenated alkanes) is 13. The molecule has 1 unspecified atom stereocenters. The summed E-state index contributed by atoms with van der Waals surface area (Å²) in [4.78, 5) is -0.217. The molecule has 308 valence electrons. The van der Waals surface area contributed by atoms with Crippen LogP contribution in [0.2, 0.25) is 0 Å². The number of allylic oxidation sites excluding steroid dienone is 1. The molecular weight excluding hydrogens is 751 g/mol. The number of sulfonamides is 2. The molecule has 2 aliphatic heterocycles. The number of fused-ring (bicyclic) bond motifs is 1. The Hall–Kier alpha value is -3.78. The average Bonchev–Trinajstić information content (AvgIpc) is 3.73. The highest BCUT2D eigenvalue weighted by Crippen LogP contribution is 2.45. The van der Waals surface area contributed by atoms with Crippen LogP contribution in [-0.2, 0) is 20.0 Å². The minimum Gasteiger partial charge on any atom is -0.507 e. The number of aryl methyl sites for hydroxylation is 1. The lowest BCUT2D eigenvalue weighted by Crippen LogP contribution is -2.37. The summed E-state index contributed by atoms with van der Waals surface area (Å²) < 4.78 is 64.6. The third-order valence-electron chi connectivity index (χ3n) is 11.0. The molecule has 11 nitrogen and oxygen atoms in total. The lowest BCUT2D eigenvalue weighted by molar-refractivity contribution is 0.285. The largest absolute Gasteiger partial charge is 0.507 e. The van der Waals surface area contributed by atoms with Crippen LogP contribution in [0.3, 0.4) is 0 Å². The van der Waals surface area contributed by atoms with Crippen molar-refractivity contribution in [2.45, 2.75) is 134 Å². The Labute approximate surface area is 334 Å². The molecule has 0 aromatic heterocycles. The number of hydroxylamine groups is 1. The molecule has 0 saturated carbocycles. The molecule has 2 aliphatic rings. The molecule has 4 N–H and O–H groups in total. The number of nitrogens with zero attached hydrogens (tertiary/aromatic N) is 2. The van der Waals surface area contributed by atoms with E-state index < -0.39 is 26.0 Å². The van der Waals surface area contributed by atoms with E-state index in [-0.39, 0.29) is 43.9 Å². The number of phenolic OH excluding ortho intramolecular Hbond substituents is 2. The minimum absolute atomic E-state index is 0.0390. The van der Waals surface area contributed by atoms with Crippen LogP contribution in [0, 0.1) is 13.8 Å². The quantitative estimate of drug-likeness (QED) is 0.0573. The minimum atomic E-state index is -4.32.